The van der Waals surface area contributed by atoms with Crippen LogP contribution in [0.1, 0.15) is 6.42 Å². The van der Waals surface area contributed by atoms with E-state index < -0.39 is 28.2 Å². The fourth-order valence-electron chi connectivity index (χ4n) is 1.90. The van der Waals surface area contributed by atoms with E-state index in [0.29, 0.717) is 6.42 Å². The Bertz CT molecular complexity index is 623. The number of halogens is 3. The first kappa shape index (κ1) is 17.1. The molecule has 2 atom stereocenters. The van der Waals surface area contributed by atoms with Gasteiger partial charge >= 0.3 is 0 Å². The zero-order chi connectivity index (χ0) is 15.3. The standard InChI is InChI=1S/C13H17F3O2P3/c14-20(9-18-8-4-7-17)10-19(11-21(15,16)12-20)13-5-2-1-3-6-13/h1-3,5-6,9-11,17H,4,7-8,12H2/q+1/t20-/m0/s1. The van der Waals surface area contributed by atoms with Crippen LogP contribution in [0.5, 0.6) is 0 Å². The lowest BCUT2D eigenvalue weighted by molar-refractivity contribution is 0.235. The molecule has 0 radical (unpaired) electrons. The van der Waals surface area contributed by atoms with Crippen LogP contribution in [0.3, 0.4) is 0 Å². The van der Waals surface area contributed by atoms with Gasteiger partial charge in [-0.3, -0.25) is 0 Å². The van der Waals surface area contributed by atoms with E-state index in [9.17, 15) is 12.6 Å². The number of benzene rings is 1. The van der Waals surface area contributed by atoms with Crippen LogP contribution in [-0.4, -0.2) is 41.3 Å². The summed E-state index contributed by atoms with van der Waals surface area (Å²) in [6, 6.07) is 8.84. The lowest BCUT2D eigenvalue weighted by atomic mass is 10.4. The van der Waals surface area contributed by atoms with Crippen molar-refractivity contribution in [2.75, 3.05) is 19.1 Å². The number of hydrogen-bond donors (Lipinski definition) is 1. The predicted octanol–water partition coefficient (Wildman–Crippen LogP) is 4.13. The minimum absolute atomic E-state index is 0.0665. The third-order valence-corrected chi connectivity index (χ3v) is 12.3. The molecule has 21 heavy (non-hydrogen) atoms. The Morgan fingerprint density at radius 2 is 1.95 bits per heavy atom. The molecule has 2 nitrogen and oxygen atoms in total. The van der Waals surface area contributed by atoms with Crippen molar-refractivity contribution in [1.82, 2.24) is 0 Å². The summed E-state index contributed by atoms with van der Waals surface area (Å²) >= 11 is 0. The van der Waals surface area contributed by atoms with Crippen molar-refractivity contribution >= 4 is 44.6 Å². The van der Waals surface area contributed by atoms with Gasteiger partial charge in [0, 0.05) is 6.61 Å². The lowest BCUT2D eigenvalue weighted by Gasteiger charge is -2.15. The molecule has 1 unspecified atom stereocenters. The first-order chi connectivity index (χ1) is 9.94. The summed E-state index contributed by atoms with van der Waals surface area (Å²) < 4.78 is 47.7. The molecule has 1 heterocycles. The molecule has 116 valence electrons. The molecule has 0 spiro atoms. The van der Waals surface area contributed by atoms with Crippen LogP contribution < -0.4 is 5.30 Å². The smallest absolute Gasteiger partial charge is 0.261 e. The molecule has 0 aromatic heterocycles. The highest BCUT2D eigenvalue weighted by Crippen LogP contribution is 2.70. The van der Waals surface area contributed by atoms with Gasteiger partial charge in [0.05, 0.1) is 18.5 Å². The normalized spacial score (nSPS) is 25.8. The first-order valence-electron chi connectivity index (χ1n) is 6.41. The van der Waals surface area contributed by atoms with Crippen molar-refractivity contribution < 1.29 is 22.4 Å². The lowest BCUT2D eigenvalue weighted by Crippen LogP contribution is -2.04. The number of hydrogen-bond acceptors (Lipinski definition) is 2. The molecular formula is C13H17F3O2P3+. The molecular weight excluding hydrogens is 338 g/mol. The molecule has 1 aliphatic rings. The second-order valence-corrected chi connectivity index (χ2v) is 12.2. The van der Waals surface area contributed by atoms with Crippen LogP contribution in [0.15, 0.2) is 30.3 Å². The number of aliphatic hydroxyl groups is 1. The fraction of sp³-hybridized carbons (Fsp3) is 0.308. The van der Waals surface area contributed by atoms with Crippen molar-refractivity contribution in [3.05, 3.63) is 30.3 Å². The zero-order valence-corrected chi connectivity index (χ0v) is 14.0. The first-order valence-corrected chi connectivity index (χ1v) is 11.7. The Labute approximate surface area is 123 Å². The highest BCUT2D eigenvalue weighted by Gasteiger charge is 2.38. The van der Waals surface area contributed by atoms with Crippen LogP contribution >= 0.6 is 22.2 Å². The van der Waals surface area contributed by atoms with Gasteiger partial charge in [-0.2, -0.15) is 8.39 Å². The molecule has 0 aliphatic carbocycles. The van der Waals surface area contributed by atoms with Gasteiger partial charge in [0.25, 0.3) is 7.51 Å². The number of ether oxygens (including phenoxy) is 1. The second kappa shape index (κ2) is 7.31. The maximum Gasteiger partial charge on any atom is 0.261 e. The van der Waals surface area contributed by atoms with Gasteiger partial charge in [0.1, 0.15) is 12.7 Å². The molecule has 1 N–H and O–H groups in total. The van der Waals surface area contributed by atoms with E-state index in [1.54, 1.807) is 30.3 Å². The van der Waals surface area contributed by atoms with E-state index in [2.05, 4.69) is 0 Å². The Morgan fingerprint density at radius 3 is 2.62 bits per heavy atom. The van der Waals surface area contributed by atoms with E-state index in [0.717, 1.165) is 16.8 Å². The summed E-state index contributed by atoms with van der Waals surface area (Å²) in [5, 5.41) is 9.37. The summed E-state index contributed by atoms with van der Waals surface area (Å²) in [7, 11) is -9.26. The van der Waals surface area contributed by atoms with E-state index in [-0.39, 0.29) is 13.2 Å². The minimum Gasteiger partial charge on any atom is -0.396 e. The Morgan fingerprint density at radius 1 is 1.24 bits per heavy atom. The molecule has 0 bridgehead atoms. The third-order valence-electron chi connectivity index (χ3n) is 2.74. The van der Waals surface area contributed by atoms with Gasteiger partial charge in [-0.25, -0.2) is 4.20 Å². The second-order valence-electron chi connectivity index (χ2n) is 4.68. The zero-order valence-electron chi connectivity index (χ0n) is 11.3. The van der Waals surface area contributed by atoms with Gasteiger partial charge in [-0.05, 0) is 18.6 Å². The Kier molecular flexibility index (Phi) is 5.94. The molecule has 0 saturated carbocycles. The predicted molar refractivity (Wildman–Crippen MR) is 90.9 cm³/mol. The van der Waals surface area contributed by atoms with E-state index in [4.69, 9.17) is 9.84 Å². The Hall–Kier alpha value is -0.300. The molecule has 0 amide bonds. The maximum absolute atomic E-state index is 14.8. The SMILES string of the molecule is OCCCOC=[P@]1(F)C=[P+](c2ccccc2)C=P(F)(F)C1. The molecule has 0 saturated heterocycles. The van der Waals surface area contributed by atoms with Gasteiger partial charge < -0.3 is 9.84 Å². The van der Waals surface area contributed by atoms with Gasteiger partial charge in [0.2, 0.25) is 0 Å². The van der Waals surface area contributed by atoms with Crippen LogP contribution in [0.2, 0.25) is 0 Å². The third kappa shape index (κ3) is 5.13. The van der Waals surface area contributed by atoms with Crippen LogP contribution in [0.4, 0.5) is 12.6 Å². The summed E-state index contributed by atoms with van der Waals surface area (Å²) in [6.07, 6.45) is 0.363. The van der Waals surface area contributed by atoms with E-state index in [1.165, 1.54) is 5.54 Å². The van der Waals surface area contributed by atoms with Crippen molar-refractivity contribution in [2.24, 2.45) is 0 Å². The summed E-state index contributed by atoms with van der Waals surface area (Å²) in [5.41, 5.74) is 2.51. The summed E-state index contributed by atoms with van der Waals surface area (Å²) in [4.78, 5) is 0. The number of aliphatic hydroxyl groups excluding tert-OH is 1. The van der Waals surface area contributed by atoms with Crippen molar-refractivity contribution in [1.29, 1.82) is 0 Å². The van der Waals surface area contributed by atoms with Gasteiger partial charge in [0.15, 0.2) is 18.4 Å². The number of rotatable bonds is 5. The summed E-state index contributed by atoms with van der Waals surface area (Å²) in [5.74, 6) is 0.257. The minimum atomic E-state index is -4.35. The van der Waals surface area contributed by atoms with Gasteiger partial charge in [-0.1, -0.05) is 18.2 Å². The maximum atomic E-state index is 14.8. The van der Waals surface area contributed by atoms with Crippen molar-refractivity contribution in [3.8, 4) is 0 Å². The van der Waals surface area contributed by atoms with Crippen LogP contribution in [0, 0.1) is 0 Å². The Balaban J connectivity index is 2.33. The topological polar surface area (TPSA) is 29.5 Å². The molecule has 1 aromatic rings. The largest absolute Gasteiger partial charge is 0.396 e. The van der Waals surface area contributed by atoms with Crippen molar-refractivity contribution in [3.63, 3.8) is 0 Å². The van der Waals surface area contributed by atoms with Crippen molar-refractivity contribution in [2.45, 2.75) is 6.42 Å². The average Bonchev–Trinajstić information content (AvgIpc) is 2.43. The fourth-order valence-corrected chi connectivity index (χ4v) is 12.4. The van der Waals surface area contributed by atoms with E-state index >= 15 is 0 Å². The molecule has 1 aromatic carbocycles. The highest BCUT2D eigenvalue weighted by atomic mass is 31.3. The monoisotopic (exact) mass is 355 g/mol. The summed E-state index contributed by atoms with van der Waals surface area (Å²) in [6.45, 7) is 0.0793. The average molecular weight is 355 g/mol. The molecule has 0 fully saturated rings. The van der Waals surface area contributed by atoms with Gasteiger partial charge in [-0.15, -0.1) is 0 Å². The molecule has 1 aliphatic heterocycles. The van der Waals surface area contributed by atoms with E-state index in [1.807, 2.05) is 0 Å². The highest BCUT2D eigenvalue weighted by molar-refractivity contribution is 8.10. The van der Waals surface area contributed by atoms with Crippen LogP contribution in [0.25, 0.3) is 0 Å². The van der Waals surface area contributed by atoms with Crippen LogP contribution in [-0.2, 0) is 4.74 Å². The molecule has 2 rings (SSSR count). The quantitative estimate of drug-likeness (QED) is 0.636. The molecule has 8 heteroatoms.